The van der Waals surface area contributed by atoms with Crippen LogP contribution in [0.15, 0.2) is 34.9 Å². The van der Waals surface area contributed by atoms with E-state index >= 15 is 0 Å². The molecule has 2 amide bonds. The Labute approximate surface area is 134 Å². The Morgan fingerprint density at radius 1 is 1.35 bits per heavy atom. The molecule has 3 rings (SSSR count). The van der Waals surface area contributed by atoms with Gasteiger partial charge in [0, 0.05) is 17.9 Å². The number of hydrogen-bond donors (Lipinski definition) is 3. The highest BCUT2D eigenvalue weighted by molar-refractivity contribution is 5.88. The van der Waals surface area contributed by atoms with Gasteiger partial charge in [-0.2, -0.15) is 0 Å². The van der Waals surface area contributed by atoms with Gasteiger partial charge in [-0.25, -0.2) is 4.79 Å². The highest BCUT2D eigenvalue weighted by Gasteiger charge is 2.32. The fraction of sp³-hybridized carbons (Fsp3) is 0.412. The van der Waals surface area contributed by atoms with E-state index in [1.54, 1.807) is 6.07 Å². The van der Waals surface area contributed by atoms with Crippen molar-refractivity contribution < 1.29 is 14.4 Å². The normalized spacial score (nSPS) is 20.2. The minimum absolute atomic E-state index is 0.177. The average molecular weight is 315 g/mol. The molecule has 2 atom stereocenters. The van der Waals surface area contributed by atoms with E-state index in [1.165, 1.54) is 0 Å². The minimum atomic E-state index is -0.624. The fourth-order valence-corrected chi connectivity index (χ4v) is 2.73. The molecule has 0 aliphatic heterocycles. The van der Waals surface area contributed by atoms with Crippen molar-refractivity contribution in [2.24, 2.45) is 0 Å². The SMILES string of the molecule is CC(C)(C)c1cc(NC(=O)N[C@@H]2c3ccccc3C[C@@H]2O)no1. The molecule has 0 fully saturated rings. The van der Waals surface area contributed by atoms with Crippen LogP contribution < -0.4 is 10.6 Å². The van der Waals surface area contributed by atoms with Crippen LogP contribution in [0.1, 0.15) is 43.7 Å². The molecule has 0 spiro atoms. The molecule has 0 radical (unpaired) electrons. The molecule has 2 aromatic rings. The lowest BCUT2D eigenvalue weighted by molar-refractivity contribution is 0.144. The average Bonchev–Trinajstić information content (AvgIpc) is 3.04. The maximum absolute atomic E-state index is 12.2. The van der Waals surface area contributed by atoms with Gasteiger partial charge in [-0.15, -0.1) is 0 Å². The third-order valence-electron chi connectivity index (χ3n) is 3.98. The van der Waals surface area contributed by atoms with Crippen molar-refractivity contribution in [3.8, 4) is 0 Å². The number of hydrogen-bond acceptors (Lipinski definition) is 4. The summed E-state index contributed by atoms with van der Waals surface area (Å²) in [7, 11) is 0. The molecule has 6 heteroatoms. The quantitative estimate of drug-likeness (QED) is 0.795. The first-order valence-corrected chi connectivity index (χ1v) is 7.65. The fourth-order valence-electron chi connectivity index (χ4n) is 2.73. The lowest BCUT2D eigenvalue weighted by atomic mass is 9.93. The Balaban J connectivity index is 1.67. The zero-order valence-electron chi connectivity index (χ0n) is 13.5. The van der Waals surface area contributed by atoms with Crippen molar-refractivity contribution in [2.45, 2.75) is 44.8 Å². The number of nitrogens with one attached hydrogen (secondary N) is 2. The van der Waals surface area contributed by atoms with Crippen molar-refractivity contribution in [3.63, 3.8) is 0 Å². The zero-order chi connectivity index (χ0) is 16.6. The first-order chi connectivity index (χ1) is 10.8. The van der Waals surface area contributed by atoms with Gasteiger partial charge in [0.2, 0.25) is 0 Å². The van der Waals surface area contributed by atoms with Gasteiger partial charge in [-0.3, -0.25) is 5.32 Å². The highest BCUT2D eigenvalue weighted by atomic mass is 16.5. The van der Waals surface area contributed by atoms with Gasteiger partial charge in [0.1, 0.15) is 5.76 Å². The van der Waals surface area contributed by atoms with Gasteiger partial charge >= 0.3 is 6.03 Å². The van der Waals surface area contributed by atoms with Crippen molar-refractivity contribution in [3.05, 3.63) is 47.2 Å². The summed E-state index contributed by atoms with van der Waals surface area (Å²) in [5.74, 6) is 1.05. The van der Waals surface area contributed by atoms with Crippen LogP contribution in [0.25, 0.3) is 0 Å². The number of carbonyl (C=O) groups excluding carboxylic acids is 1. The smallest absolute Gasteiger partial charge is 0.321 e. The third-order valence-corrected chi connectivity index (χ3v) is 3.98. The predicted molar refractivity (Wildman–Crippen MR) is 86.3 cm³/mol. The number of rotatable bonds is 2. The number of amides is 2. The van der Waals surface area contributed by atoms with Gasteiger partial charge in [0.25, 0.3) is 0 Å². The van der Waals surface area contributed by atoms with Gasteiger partial charge < -0.3 is 14.9 Å². The maximum Gasteiger partial charge on any atom is 0.321 e. The second-order valence-electron chi connectivity index (χ2n) is 6.87. The Morgan fingerprint density at radius 3 is 2.78 bits per heavy atom. The molecular weight excluding hydrogens is 294 g/mol. The molecule has 1 heterocycles. The first kappa shape index (κ1) is 15.6. The van der Waals surface area contributed by atoms with Crippen LogP contribution in [0.3, 0.4) is 0 Å². The van der Waals surface area contributed by atoms with Crippen molar-refractivity contribution in [2.75, 3.05) is 5.32 Å². The van der Waals surface area contributed by atoms with E-state index in [2.05, 4.69) is 15.8 Å². The van der Waals surface area contributed by atoms with E-state index in [1.807, 2.05) is 45.0 Å². The number of aliphatic hydroxyl groups is 1. The number of fused-ring (bicyclic) bond motifs is 1. The van der Waals surface area contributed by atoms with Crippen LogP contribution in [0.2, 0.25) is 0 Å². The number of benzene rings is 1. The van der Waals surface area contributed by atoms with Crippen molar-refractivity contribution in [1.29, 1.82) is 0 Å². The van der Waals surface area contributed by atoms with E-state index in [-0.39, 0.29) is 5.41 Å². The Hall–Kier alpha value is -2.34. The molecule has 0 unspecified atom stereocenters. The largest absolute Gasteiger partial charge is 0.390 e. The van der Waals surface area contributed by atoms with Crippen LogP contribution in [0.4, 0.5) is 10.6 Å². The summed E-state index contributed by atoms with van der Waals surface area (Å²) in [6.45, 7) is 6.01. The standard InChI is InChI=1S/C17H21N3O3/c1-17(2,3)13-9-14(20-23-13)18-16(22)19-15-11-7-5-4-6-10(11)8-12(15)21/h4-7,9,12,15,21H,8H2,1-3H3,(H2,18,19,20,22)/t12-,15+/m0/s1. The number of anilines is 1. The van der Waals surface area contributed by atoms with E-state index in [4.69, 9.17) is 4.52 Å². The van der Waals surface area contributed by atoms with Crippen LogP contribution in [0.5, 0.6) is 0 Å². The van der Waals surface area contributed by atoms with E-state index in [0.29, 0.717) is 18.0 Å². The molecular formula is C17H21N3O3. The number of aromatic nitrogens is 1. The number of aliphatic hydroxyl groups excluding tert-OH is 1. The monoisotopic (exact) mass is 315 g/mol. The summed E-state index contributed by atoms with van der Waals surface area (Å²) >= 11 is 0. The van der Waals surface area contributed by atoms with Gasteiger partial charge in [-0.05, 0) is 11.1 Å². The van der Waals surface area contributed by atoms with E-state index < -0.39 is 18.2 Å². The van der Waals surface area contributed by atoms with Gasteiger partial charge in [0.05, 0.1) is 12.1 Å². The van der Waals surface area contributed by atoms with Crippen LogP contribution in [0, 0.1) is 0 Å². The molecule has 23 heavy (non-hydrogen) atoms. The summed E-state index contributed by atoms with van der Waals surface area (Å²) in [5, 5.41) is 19.5. The molecule has 1 aliphatic rings. The van der Waals surface area contributed by atoms with E-state index in [9.17, 15) is 9.90 Å². The second kappa shape index (κ2) is 5.70. The summed E-state index contributed by atoms with van der Waals surface area (Å²) < 4.78 is 5.24. The second-order valence-corrected chi connectivity index (χ2v) is 6.87. The summed E-state index contributed by atoms with van der Waals surface area (Å²) in [6, 6.07) is 8.59. The van der Waals surface area contributed by atoms with Crippen LogP contribution in [-0.2, 0) is 11.8 Å². The lowest BCUT2D eigenvalue weighted by Crippen LogP contribution is -2.36. The molecule has 122 valence electrons. The van der Waals surface area contributed by atoms with Crippen LogP contribution >= 0.6 is 0 Å². The molecule has 3 N–H and O–H groups in total. The third kappa shape index (κ3) is 3.22. The first-order valence-electron chi connectivity index (χ1n) is 7.65. The Kier molecular flexibility index (Phi) is 3.85. The molecule has 6 nitrogen and oxygen atoms in total. The van der Waals surface area contributed by atoms with Gasteiger partial charge in [0.15, 0.2) is 5.82 Å². The lowest BCUT2D eigenvalue weighted by Gasteiger charge is -2.17. The summed E-state index contributed by atoms with van der Waals surface area (Å²) in [5.41, 5.74) is 1.83. The van der Waals surface area contributed by atoms with E-state index in [0.717, 1.165) is 11.1 Å². The molecule has 0 saturated carbocycles. The topological polar surface area (TPSA) is 87.4 Å². The van der Waals surface area contributed by atoms with Crippen molar-refractivity contribution >= 4 is 11.8 Å². The Morgan fingerprint density at radius 2 is 2.09 bits per heavy atom. The molecule has 1 aliphatic carbocycles. The highest BCUT2D eigenvalue weighted by Crippen LogP contribution is 2.31. The molecule has 1 aromatic carbocycles. The minimum Gasteiger partial charge on any atom is -0.390 e. The number of urea groups is 1. The molecule has 0 saturated heterocycles. The van der Waals surface area contributed by atoms with Crippen molar-refractivity contribution in [1.82, 2.24) is 10.5 Å². The zero-order valence-corrected chi connectivity index (χ0v) is 13.5. The molecule has 0 bridgehead atoms. The Bertz CT molecular complexity index is 718. The number of carbonyl (C=O) groups is 1. The van der Waals surface area contributed by atoms with Crippen LogP contribution in [-0.4, -0.2) is 22.4 Å². The molecule has 1 aromatic heterocycles. The summed E-state index contributed by atoms with van der Waals surface area (Å²) in [4.78, 5) is 12.2. The number of nitrogens with zero attached hydrogens (tertiary/aromatic N) is 1. The van der Waals surface area contributed by atoms with Gasteiger partial charge in [-0.1, -0.05) is 50.2 Å². The maximum atomic E-state index is 12.2. The summed E-state index contributed by atoms with van der Waals surface area (Å²) in [6.07, 6.45) is -0.0835. The predicted octanol–water partition coefficient (Wildman–Crippen LogP) is 2.75.